The molecule has 1 aliphatic rings. The van der Waals surface area contributed by atoms with Gasteiger partial charge in [0, 0.05) is 6.92 Å². The van der Waals surface area contributed by atoms with Crippen molar-refractivity contribution in [3.63, 3.8) is 0 Å². The van der Waals surface area contributed by atoms with E-state index in [1.807, 2.05) is 0 Å². The lowest BCUT2D eigenvalue weighted by atomic mass is 10.1. The van der Waals surface area contributed by atoms with E-state index < -0.39 is 12.2 Å². The van der Waals surface area contributed by atoms with Crippen LogP contribution in [0, 0.1) is 0 Å². The molecule has 1 amide bonds. The van der Waals surface area contributed by atoms with Crippen molar-refractivity contribution >= 4 is 11.9 Å². The SMILES string of the molecule is C/C=C1/C(=O)NC1OC(C)=O. The number of amides is 1. The first kappa shape index (κ1) is 7.78. The van der Waals surface area contributed by atoms with Crippen molar-refractivity contribution in [1.29, 1.82) is 0 Å². The summed E-state index contributed by atoms with van der Waals surface area (Å²) in [6.07, 6.45) is 1.11. The van der Waals surface area contributed by atoms with Crippen molar-refractivity contribution < 1.29 is 14.3 Å². The molecule has 1 heterocycles. The topological polar surface area (TPSA) is 55.4 Å². The summed E-state index contributed by atoms with van der Waals surface area (Å²) < 4.78 is 4.72. The Bertz CT molecular complexity index is 232. The van der Waals surface area contributed by atoms with Gasteiger partial charge in [-0.1, -0.05) is 6.08 Å². The second-order valence-corrected chi connectivity index (χ2v) is 2.21. The minimum Gasteiger partial charge on any atom is -0.437 e. The van der Waals surface area contributed by atoms with Crippen LogP contribution in [-0.2, 0) is 14.3 Å². The molecular formula is C7H9NO3. The largest absolute Gasteiger partial charge is 0.437 e. The molecule has 4 nitrogen and oxygen atoms in total. The van der Waals surface area contributed by atoms with Gasteiger partial charge in [0.25, 0.3) is 5.91 Å². The lowest BCUT2D eigenvalue weighted by molar-refractivity contribution is -0.151. The zero-order valence-corrected chi connectivity index (χ0v) is 6.38. The van der Waals surface area contributed by atoms with E-state index in [9.17, 15) is 9.59 Å². The minimum absolute atomic E-state index is 0.168. The van der Waals surface area contributed by atoms with Crippen LogP contribution in [0.25, 0.3) is 0 Å². The van der Waals surface area contributed by atoms with Crippen molar-refractivity contribution in [2.75, 3.05) is 0 Å². The van der Waals surface area contributed by atoms with Crippen LogP contribution in [0.1, 0.15) is 13.8 Å². The summed E-state index contributed by atoms with van der Waals surface area (Å²) >= 11 is 0. The summed E-state index contributed by atoms with van der Waals surface area (Å²) in [6, 6.07) is 0. The van der Waals surface area contributed by atoms with Crippen LogP contribution in [0.2, 0.25) is 0 Å². The summed E-state index contributed by atoms with van der Waals surface area (Å²) in [4.78, 5) is 21.1. The molecule has 1 fully saturated rings. The Labute approximate surface area is 64.2 Å². The number of β-lactam (4-membered cyclic amide) rings is 1. The van der Waals surface area contributed by atoms with Crippen LogP contribution in [0.15, 0.2) is 11.6 Å². The number of nitrogens with one attached hydrogen (secondary N) is 1. The van der Waals surface area contributed by atoms with Crippen molar-refractivity contribution in [3.8, 4) is 0 Å². The molecule has 0 aromatic rings. The molecule has 0 radical (unpaired) electrons. The van der Waals surface area contributed by atoms with Crippen LogP contribution < -0.4 is 5.32 Å². The van der Waals surface area contributed by atoms with Gasteiger partial charge in [0.2, 0.25) is 6.23 Å². The monoisotopic (exact) mass is 155 g/mol. The zero-order chi connectivity index (χ0) is 8.43. The van der Waals surface area contributed by atoms with E-state index in [-0.39, 0.29) is 5.91 Å². The highest BCUT2D eigenvalue weighted by atomic mass is 16.6. The zero-order valence-electron chi connectivity index (χ0n) is 6.38. The third-order valence-corrected chi connectivity index (χ3v) is 1.40. The summed E-state index contributed by atoms with van der Waals surface area (Å²) in [6.45, 7) is 3.03. The molecule has 0 bridgehead atoms. The molecule has 11 heavy (non-hydrogen) atoms. The van der Waals surface area contributed by atoms with Gasteiger partial charge < -0.3 is 10.1 Å². The Hall–Kier alpha value is -1.32. The highest BCUT2D eigenvalue weighted by molar-refractivity contribution is 6.01. The highest BCUT2D eigenvalue weighted by Gasteiger charge is 2.34. The number of rotatable bonds is 1. The van der Waals surface area contributed by atoms with Gasteiger partial charge in [-0.3, -0.25) is 9.59 Å². The molecule has 1 atom stereocenters. The fourth-order valence-electron chi connectivity index (χ4n) is 0.863. The number of hydrogen-bond donors (Lipinski definition) is 1. The minimum atomic E-state index is -0.523. The lowest BCUT2D eigenvalue weighted by Gasteiger charge is -2.28. The molecule has 0 aromatic carbocycles. The van der Waals surface area contributed by atoms with Crippen molar-refractivity contribution in [2.45, 2.75) is 20.1 Å². The maximum atomic E-state index is 10.7. The molecule has 0 saturated carbocycles. The van der Waals surface area contributed by atoms with Gasteiger partial charge >= 0.3 is 5.97 Å². The first-order chi connectivity index (χ1) is 5.15. The maximum absolute atomic E-state index is 10.7. The van der Waals surface area contributed by atoms with Crippen molar-refractivity contribution in [2.24, 2.45) is 0 Å². The molecule has 0 aliphatic carbocycles. The number of carbonyl (C=O) groups is 2. The van der Waals surface area contributed by atoms with Gasteiger partial charge in [-0.05, 0) is 6.92 Å². The highest BCUT2D eigenvalue weighted by Crippen LogP contribution is 2.14. The Morgan fingerprint density at radius 2 is 2.36 bits per heavy atom. The van der Waals surface area contributed by atoms with E-state index in [1.165, 1.54) is 6.92 Å². The van der Waals surface area contributed by atoms with Crippen molar-refractivity contribution in [1.82, 2.24) is 5.32 Å². The van der Waals surface area contributed by atoms with Gasteiger partial charge in [0.15, 0.2) is 0 Å². The predicted octanol–water partition coefficient (Wildman–Crippen LogP) is -0.0483. The van der Waals surface area contributed by atoms with Gasteiger partial charge in [-0.15, -0.1) is 0 Å². The maximum Gasteiger partial charge on any atom is 0.304 e. The van der Waals surface area contributed by atoms with Gasteiger partial charge in [-0.25, -0.2) is 0 Å². The predicted molar refractivity (Wildman–Crippen MR) is 37.5 cm³/mol. The molecule has 1 rings (SSSR count). The smallest absolute Gasteiger partial charge is 0.304 e. The Kier molecular flexibility index (Phi) is 1.94. The number of carbonyl (C=O) groups excluding carboxylic acids is 2. The third kappa shape index (κ3) is 1.39. The standard InChI is InChI=1S/C7H9NO3/c1-3-5-6(10)8-7(5)11-4(2)9/h3,7H,1-2H3,(H,8,10)/b5-3-. The lowest BCUT2D eigenvalue weighted by Crippen LogP contribution is -2.53. The van der Waals surface area contributed by atoms with Gasteiger partial charge in [0.1, 0.15) is 0 Å². The second kappa shape index (κ2) is 2.74. The number of ether oxygens (including phenoxy) is 1. The van der Waals surface area contributed by atoms with E-state index in [2.05, 4.69) is 5.32 Å². The van der Waals surface area contributed by atoms with E-state index in [4.69, 9.17) is 4.74 Å². The summed E-state index contributed by atoms with van der Waals surface area (Å²) in [5.41, 5.74) is 0.514. The van der Waals surface area contributed by atoms with Crippen LogP contribution in [0.3, 0.4) is 0 Å². The van der Waals surface area contributed by atoms with E-state index >= 15 is 0 Å². The molecule has 1 unspecified atom stereocenters. The van der Waals surface area contributed by atoms with Gasteiger partial charge in [0.05, 0.1) is 5.57 Å². The molecule has 1 N–H and O–H groups in total. The van der Waals surface area contributed by atoms with E-state index in [1.54, 1.807) is 13.0 Å². The molecule has 60 valence electrons. The van der Waals surface area contributed by atoms with Crippen LogP contribution >= 0.6 is 0 Å². The quantitative estimate of drug-likeness (QED) is 0.328. The molecule has 1 saturated heterocycles. The van der Waals surface area contributed by atoms with E-state index in [0.29, 0.717) is 5.57 Å². The number of hydrogen-bond acceptors (Lipinski definition) is 3. The molecule has 0 spiro atoms. The summed E-state index contributed by atoms with van der Waals surface area (Å²) in [5.74, 6) is -0.562. The van der Waals surface area contributed by atoms with E-state index in [0.717, 1.165) is 0 Å². The third-order valence-electron chi connectivity index (χ3n) is 1.40. The average Bonchev–Trinajstić information content (AvgIpc) is 1.86. The van der Waals surface area contributed by atoms with Crippen LogP contribution in [-0.4, -0.2) is 18.1 Å². The normalized spacial score (nSPS) is 25.8. The van der Waals surface area contributed by atoms with Crippen molar-refractivity contribution in [3.05, 3.63) is 11.6 Å². The molecular weight excluding hydrogens is 146 g/mol. The molecule has 0 aromatic heterocycles. The number of esters is 1. The first-order valence-electron chi connectivity index (χ1n) is 3.29. The number of allylic oxidation sites excluding steroid dienone is 1. The molecule has 1 aliphatic heterocycles. The molecule has 4 heteroatoms. The fraction of sp³-hybridized carbons (Fsp3) is 0.429. The summed E-state index contributed by atoms with van der Waals surface area (Å²) in [5, 5.41) is 2.42. The first-order valence-corrected chi connectivity index (χ1v) is 3.29. The van der Waals surface area contributed by atoms with Crippen LogP contribution in [0.4, 0.5) is 0 Å². The van der Waals surface area contributed by atoms with Crippen LogP contribution in [0.5, 0.6) is 0 Å². The summed E-state index contributed by atoms with van der Waals surface area (Å²) in [7, 11) is 0. The fourth-order valence-corrected chi connectivity index (χ4v) is 0.863. The second-order valence-electron chi connectivity index (χ2n) is 2.21. The average molecular weight is 155 g/mol. The Morgan fingerprint density at radius 1 is 1.73 bits per heavy atom. The Balaban J connectivity index is 2.53. The Morgan fingerprint density at radius 3 is 2.73 bits per heavy atom. The van der Waals surface area contributed by atoms with Gasteiger partial charge in [-0.2, -0.15) is 0 Å².